The number of aromatic amines is 1. The van der Waals surface area contributed by atoms with Crippen LogP contribution in [-0.2, 0) is 16.1 Å². The van der Waals surface area contributed by atoms with Crippen molar-refractivity contribution in [3.05, 3.63) is 34.9 Å². The number of H-pyrrole nitrogens is 1. The van der Waals surface area contributed by atoms with E-state index >= 15 is 0 Å². The van der Waals surface area contributed by atoms with Gasteiger partial charge in [0.05, 0.1) is 18.5 Å². The van der Waals surface area contributed by atoms with E-state index in [0.717, 1.165) is 0 Å². The van der Waals surface area contributed by atoms with Crippen molar-refractivity contribution in [1.82, 2.24) is 29.9 Å². The van der Waals surface area contributed by atoms with Gasteiger partial charge in [0.1, 0.15) is 17.3 Å². The molecule has 3 heterocycles. The first-order chi connectivity index (χ1) is 16.5. The molecular formula is C20H22ClF4N7O3. The minimum Gasteiger partial charge on any atom is -0.443 e. The molecule has 0 spiro atoms. The number of alkyl halides is 4. The molecule has 0 aromatic carbocycles. The molecule has 0 saturated heterocycles. The van der Waals surface area contributed by atoms with E-state index in [2.05, 4.69) is 35.5 Å². The predicted octanol–water partition coefficient (Wildman–Crippen LogP) is 4.60. The lowest BCUT2D eigenvalue weighted by Gasteiger charge is -2.18. The summed E-state index contributed by atoms with van der Waals surface area (Å²) in [5, 5.41) is 12.5. The van der Waals surface area contributed by atoms with E-state index in [-0.39, 0.29) is 34.2 Å². The Morgan fingerprint density at radius 3 is 2.86 bits per heavy atom. The Hall–Kier alpha value is -3.13. The second-order valence-corrected chi connectivity index (χ2v) is 8.70. The lowest BCUT2D eigenvalue weighted by atomic mass is 10.0. The molecule has 3 aromatic rings. The molecule has 4 rings (SSSR count). The number of amides is 1. The van der Waals surface area contributed by atoms with Gasteiger partial charge < -0.3 is 15.4 Å². The van der Waals surface area contributed by atoms with Crippen LogP contribution < -0.4 is 10.6 Å². The summed E-state index contributed by atoms with van der Waals surface area (Å²) in [6, 6.07) is 1.45. The van der Waals surface area contributed by atoms with Gasteiger partial charge in [0.2, 0.25) is 5.95 Å². The fraction of sp³-hybridized carbons (Fsp3) is 0.500. The number of hydrogen-bond donors (Lipinski definition) is 3. The van der Waals surface area contributed by atoms with Crippen LogP contribution in [0.15, 0.2) is 18.5 Å². The highest BCUT2D eigenvalue weighted by Gasteiger charge is 2.41. The SMILES string of the molecule is CC(C)NC(=O)O[C@H]1CC[C@@H](c2cc(Nc3ncc(Cl)c4nc(COC(F)(F)F)cn34)n[nH]2)[C@H]1F. The fourth-order valence-corrected chi connectivity index (χ4v) is 3.98. The molecule has 0 radical (unpaired) electrons. The van der Waals surface area contributed by atoms with Gasteiger partial charge in [-0.2, -0.15) is 5.10 Å². The zero-order valence-electron chi connectivity index (χ0n) is 18.6. The molecule has 1 fully saturated rings. The highest BCUT2D eigenvalue weighted by atomic mass is 35.5. The molecule has 1 saturated carbocycles. The number of carbonyl (C=O) groups excluding carboxylic acids is 1. The Morgan fingerprint density at radius 2 is 2.14 bits per heavy atom. The normalized spacial score (nSPS) is 20.5. The third-order valence-electron chi connectivity index (χ3n) is 5.29. The van der Waals surface area contributed by atoms with Gasteiger partial charge >= 0.3 is 12.5 Å². The van der Waals surface area contributed by atoms with Crippen molar-refractivity contribution in [2.75, 3.05) is 5.32 Å². The third-order valence-corrected chi connectivity index (χ3v) is 5.55. The van der Waals surface area contributed by atoms with Gasteiger partial charge in [-0.25, -0.2) is 19.2 Å². The van der Waals surface area contributed by atoms with Crippen LogP contribution in [0.5, 0.6) is 0 Å². The zero-order chi connectivity index (χ0) is 25.3. The molecule has 1 aliphatic carbocycles. The maximum atomic E-state index is 15.0. The van der Waals surface area contributed by atoms with E-state index in [1.54, 1.807) is 19.9 Å². The number of anilines is 2. The van der Waals surface area contributed by atoms with Crippen molar-refractivity contribution in [2.24, 2.45) is 0 Å². The highest BCUT2D eigenvalue weighted by Crippen LogP contribution is 2.38. The summed E-state index contributed by atoms with van der Waals surface area (Å²) in [7, 11) is 0. The molecular weight excluding hydrogens is 498 g/mol. The molecule has 0 bridgehead atoms. The second-order valence-electron chi connectivity index (χ2n) is 8.29. The maximum Gasteiger partial charge on any atom is 0.522 e. The van der Waals surface area contributed by atoms with Gasteiger partial charge in [-0.3, -0.25) is 14.2 Å². The summed E-state index contributed by atoms with van der Waals surface area (Å²) < 4.78 is 62.4. The molecule has 15 heteroatoms. The average molecular weight is 520 g/mol. The first kappa shape index (κ1) is 25.0. The van der Waals surface area contributed by atoms with Crippen LogP contribution in [0.3, 0.4) is 0 Å². The van der Waals surface area contributed by atoms with Crippen molar-refractivity contribution in [1.29, 1.82) is 0 Å². The lowest BCUT2D eigenvalue weighted by molar-refractivity contribution is -0.330. The van der Waals surface area contributed by atoms with Gasteiger partial charge in [-0.15, -0.1) is 13.2 Å². The van der Waals surface area contributed by atoms with E-state index in [4.69, 9.17) is 16.3 Å². The number of fused-ring (bicyclic) bond motifs is 1. The number of carbonyl (C=O) groups is 1. The highest BCUT2D eigenvalue weighted by molar-refractivity contribution is 6.33. The van der Waals surface area contributed by atoms with Crippen molar-refractivity contribution >= 4 is 35.1 Å². The van der Waals surface area contributed by atoms with Gasteiger partial charge in [-0.1, -0.05) is 11.6 Å². The molecule has 190 valence electrons. The first-order valence-corrected chi connectivity index (χ1v) is 11.0. The summed E-state index contributed by atoms with van der Waals surface area (Å²) >= 11 is 6.08. The molecule has 10 nitrogen and oxygen atoms in total. The molecule has 3 atom stereocenters. The summed E-state index contributed by atoms with van der Waals surface area (Å²) in [4.78, 5) is 20.0. The number of ether oxygens (including phenoxy) is 2. The number of nitrogens with zero attached hydrogens (tertiary/aromatic N) is 4. The van der Waals surface area contributed by atoms with E-state index in [1.807, 2.05) is 0 Å². The molecule has 3 N–H and O–H groups in total. The summed E-state index contributed by atoms with van der Waals surface area (Å²) in [5.41, 5.74) is 0.646. The average Bonchev–Trinajstić information content (AvgIpc) is 3.47. The van der Waals surface area contributed by atoms with Crippen LogP contribution in [0.1, 0.15) is 44.0 Å². The maximum absolute atomic E-state index is 15.0. The van der Waals surface area contributed by atoms with Crippen molar-refractivity contribution in [3.63, 3.8) is 0 Å². The molecule has 3 aromatic heterocycles. The predicted molar refractivity (Wildman–Crippen MR) is 116 cm³/mol. The number of halogens is 5. The van der Waals surface area contributed by atoms with E-state index in [9.17, 15) is 22.4 Å². The molecule has 0 aliphatic heterocycles. The Morgan fingerprint density at radius 1 is 1.37 bits per heavy atom. The minimum absolute atomic E-state index is 0.0123. The number of nitrogens with one attached hydrogen (secondary N) is 3. The summed E-state index contributed by atoms with van der Waals surface area (Å²) in [6.45, 7) is 2.75. The van der Waals surface area contributed by atoms with Gasteiger partial charge in [0.25, 0.3) is 0 Å². The molecule has 1 amide bonds. The second kappa shape index (κ2) is 9.85. The molecule has 35 heavy (non-hydrogen) atoms. The van der Waals surface area contributed by atoms with Crippen LogP contribution in [0.4, 0.5) is 34.1 Å². The van der Waals surface area contributed by atoms with Crippen molar-refractivity contribution in [2.45, 2.75) is 63.9 Å². The van der Waals surface area contributed by atoms with E-state index in [0.29, 0.717) is 18.5 Å². The Labute approximate surface area is 201 Å². The quantitative estimate of drug-likeness (QED) is 0.390. The third kappa shape index (κ3) is 5.93. The summed E-state index contributed by atoms with van der Waals surface area (Å²) in [6.07, 6.45) is -4.39. The minimum atomic E-state index is -4.80. The summed E-state index contributed by atoms with van der Waals surface area (Å²) in [5.74, 6) is -0.109. The number of alkyl carbamates (subject to hydrolysis) is 1. The lowest BCUT2D eigenvalue weighted by Crippen LogP contribution is -2.36. The van der Waals surface area contributed by atoms with Crippen molar-refractivity contribution < 1.29 is 31.8 Å². The van der Waals surface area contributed by atoms with Gasteiger partial charge in [0.15, 0.2) is 11.5 Å². The van der Waals surface area contributed by atoms with Crippen LogP contribution in [0, 0.1) is 0 Å². The molecule has 1 aliphatic rings. The Bertz CT molecular complexity index is 1200. The number of hydrogen-bond acceptors (Lipinski definition) is 7. The van der Waals surface area contributed by atoms with Gasteiger partial charge in [-0.05, 0) is 26.7 Å². The largest absolute Gasteiger partial charge is 0.522 e. The van der Waals surface area contributed by atoms with Gasteiger partial charge in [0, 0.05) is 29.9 Å². The topological polar surface area (TPSA) is 118 Å². The van der Waals surface area contributed by atoms with Crippen LogP contribution in [0.2, 0.25) is 5.02 Å². The van der Waals surface area contributed by atoms with E-state index in [1.165, 1.54) is 16.8 Å². The van der Waals surface area contributed by atoms with Crippen LogP contribution in [-0.4, -0.2) is 55.3 Å². The smallest absolute Gasteiger partial charge is 0.443 e. The van der Waals surface area contributed by atoms with E-state index < -0.39 is 37.3 Å². The van der Waals surface area contributed by atoms with Crippen LogP contribution >= 0.6 is 11.6 Å². The standard InChI is InChI=1S/C20H22ClF4N7O3/c1-9(2)27-19(33)35-14-4-3-11(16(14)22)13-5-15(31-30-13)29-18-26-6-12(21)17-28-10(7-32(17)18)8-34-20(23,24)25/h5-7,9,11,14,16H,3-4,8H2,1-2H3,(H,27,33)(H2,26,29,30,31)/t11-,14-,16+/m0/s1. The first-order valence-electron chi connectivity index (χ1n) is 10.7. The molecule has 0 unspecified atom stereocenters. The number of imidazole rings is 1. The van der Waals surface area contributed by atoms with Crippen molar-refractivity contribution in [3.8, 4) is 0 Å². The Balaban J connectivity index is 1.46. The fourth-order valence-electron chi connectivity index (χ4n) is 3.80. The van der Waals surface area contributed by atoms with Crippen LogP contribution in [0.25, 0.3) is 5.65 Å². The Kier molecular flexibility index (Phi) is 7.03. The number of rotatable bonds is 7. The monoisotopic (exact) mass is 519 g/mol. The number of aromatic nitrogens is 5. The zero-order valence-corrected chi connectivity index (χ0v) is 19.3.